The fourth-order valence-electron chi connectivity index (χ4n) is 1.46. The van der Waals surface area contributed by atoms with Crippen LogP contribution in [0, 0.1) is 17.2 Å². The summed E-state index contributed by atoms with van der Waals surface area (Å²) in [5, 5.41) is 12.4. The number of alkyl halides is 3. The number of rotatable bonds is 4. The molecule has 94 valence electrons. The molecule has 0 bridgehead atoms. The molecular weight excluding hydrogens is 233 g/mol. The van der Waals surface area contributed by atoms with E-state index in [1.165, 1.54) is 11.0 Å². The van der Waals surface area contributed by atoms with Gasteiger partial charge < -0.3 is 4.90 Å². The van der Waals surface area contributed by atoms with Crippen molar-refractivity contribution in [2.45, 2.75) is 12.7 Å². The van der Waals surface area contributed by atoms with E-state index in [2.05, 4.69) is 5.10 Å². The standard InChI is InChI=1S/C10H13F3N4/c1-16(5-8-4-15-17(2)6-8)7-9(3-14)10(11,12)13/h4,6,9H,5,7H2,1-2H3. The highest BCUT2D eigenvalue weighted by atomic mass is 19.4. The molecule has 0 saturated heterocycles. The maximum Gasteiger partial charge on any atom is 0.405 e. The van der Waals surface area contributed by atoms with E-state index in [0.717, 1.165) is 5.56 Å². The van der Waals surface area contributed by atoms with Gasteiger partial charge in [0.1, 0.15) is 0 Å². The summed E-state index contributed by atoms with van der Waals surface area (Å²) in [4.78, 5) is 1.46. The molecule has 4 nitrogen and oxygen atoms in total. The van der Waals surface area contributed by atoms with Gasteiger partial charge in [-0.25, -0.2) is 0 Å². The third-order valence-electron chi connectivity index (χ3n) is 2.26. The van der Waals surface area contributed by atoms with E-state index in [9.17, 15) is 13.2 Å². The van der Waals surface area contributed by atoms with E-state index in [0.29, 0.717) is 6.54 Å². The highest BCUT2D eigenvalue weighted by molar-refractivity contribution is 5.03. The van der Waals surface area contributed by atoms with Gasteiger partial charge >= 0.3 is 6.18 Å². The van der Waals surface area contributed by atoms with E-state index in [4.69, 9.17) is 5.26 Å². The van der Waals surface area contributed by atoms with Crippen molar-refractivity contribution in [3.63, 3.8) is 0 Å². The first kappa shape index (κ1) is 13.5. The Balaban J connectivity index is 2.55. The van der Waals surface area contributed by atoms with Crippen LogP contribution in [0.25, 0.3) is 0 Å². The Hall–Kier alpha value is -1.55. The normalized spacial score (nSPS) is 13.7. The number of nitriles is 1. The molecule has 0 radical (unpaired) electrons. The van der Waals surface area contributed by atoms with Gasteiger partial charge in [-0.05, 0) is 7.05 Å². The van der Waals surface area contributed by atoms with Crippen LogP contribution in [-0.4, -0.2) is 34.4 Å². The zero-order valence-electron chi connectivity index (χ0n) is 9.57. The first-order valence-corrected chi connectivity index (χ1v) is 4.95. The second-order valence-corrected chi connectivity index (χ2v) is 3.94. The fraction of sp³-hybridized carbons (Fsp3) is 0.600. The van der Waals surface area contributed by atoms with Gasteiger partial charge in [0.2, 0.25) is 0 Å². The molecular formula is C10H13F3N4. The highest BCUT2D eigenvalue weighted by Crippen LogP contribution is 2.26. The lowest BCUT2D eigenvalue weighted by Crippen LogP contribution is -2.33. The van der Waals surface area contributed by atoms with Crippen LogP contribution < -0.4 is 0 Å². The Kier molecular flexibility index (Phi) is 4.12. The monoisotopic (exact) mass is 246 g/mol. The number of aryl methyl sites for hydroxylation is 1. The Morgan fingerprint density at radius 1 is 1.59 bits per heavy atom. The number of nitrogens with zero attached hydrogens (tertiary/aromatic N) is 4. The molecule has 0 fully saturated rings. The van der Waals surface area contributed by atoms with E-state index >= 15 is 0 Å². The molecule has 0 spiro atoms. The summed E-state index contributed by atoms with van der Waals surface area (Å²) in [5.41, 5.74) is 0.814. The minimum absolute atomic E-state index is 0.335. The molecule has 17 heavy (non-hydrogen) atoms. The molecule has 1 rings (SSSR count). The SMILES string of the molecule is CN(Cc1cnn(C)c1)CC(C#N)C(F)(F)F. The molecule has 0 aliphatic heterocycles. The van der Waals surface area contributed by atoms with Crippen LogP contribution in [0.15, 0.2) is 12.4 Å². The summed E-state index contributed by atoms with van der Waals surface area (Å²) in [7, 11) is 3.28. The smallest absolute Gasteiger partial charge is 0.300 e. The van der Waals surface area contributed by atoms with Crippen molar-refractivity contribution >= 4 is 0 Å². The summed E-state index contributed by atoms with van der Waals surface area (Å²) in [6.07, 6.45) is -1.16. The van der Waals surface area contributed by atoms with Gasteiger partial charge in [-0.1, -0.05) is 0 Å². The van der Waals surface area contributed by atoms with E-state index < -0.39 is 12.1 Å². The van der Waals surface area contributed by atoms with Gasteiger partial charge in [0.15, 0.2) is 5.92 Å². The van der Waals surface area contributed by atoms with Crippen molar-refractivity contribution in [2.75, 3.05) is 13.6 Å². The summed E-state index contributed by atoms with van der Waals surface area (Å²) in [6.45, 7) is -0.00298. The highest BCUT2D eigenvalue weighted by Gasteiger charge is 2.40. The predicted octanol–water partition coefficient (Wildman–Crippen LogP) is 1.55. The zero-order chi connectivity index (χ0) is 13.1. The minimum atomic E-state index is -4.47. The van der Waals surface area contributed by atoms with Gasteiger partial charge in [-0.2, -0.15) is 23.5 Å². The molecule has 0 aromatic carbocycles. The Bertz CT molecular complexity index is 404. The number of hydrogen-bond donors (Lipinski definition) is 0. The lowest BCUT2D eigenvalue weighted by Gasteiger charge is -2.20. The molecule has 7 heteroatoms. The third-order valence-corrected chi connectivity index (χ3v) is 2.26. The second kappa shape index (κ2) is 5.19. The van der Waals surface area contributed by atoms with E-state index in [1.54, 1.807) is 31.2 Å². The molecule has 0 amide bonds. The molecule has 0 aliphatic carbocycles. The first-order chi connectivity index (χ1) is 7.82. The van der Waals surface area contributed by atoms with Crippen LogP contribution in [0.3, 0.4) is 0 Å². The summed E-state index contributed by atoms with van der Waals surface area (Å²) < 4.78 is 38.7. The van der Waals surface area contributed by atoms with Crippen molar-refractivity contribution < 1.29 is 13.2 Å². The van der Waals surface area contributed by atoms with Gasteiger partial charge in [-0.15, -0.1) is 0 Å². The quantitative estimate of drug-likeness (QED) is 0.809. The van der Waals surface area contributed by atoms with Crippen molar-refractivity contribution in [3.8, 4) is 6.07 Å². The summed E-state index contributed by atoms with van der Waals surface area (Å²) in [6, 6.07) is 1.28. The van der Waals surface area contributed by atoms with Crippen LogP contribution in [0.5, 0.6) is 0 Å². The van der Waals surface area contributed by atoms with Crippen LogP contribution in [0.1, 0.15) is 5.56 Å². The van der Waals surface area contributed by atoms with Crippen molar-refractivity contribution in [2.24, 2.45) is 13.0 Å². The molecule has 1 atom stereocenters. The average molecular weight is 246 g/mol. The van der Waals surface area contributed by atoms with Crippen LogP contribution >= 0.6 is 0 Å². The largest absolute Gasteiger partial charge is 0.405 e. The van der Waals surface area contributed by atoms with Gasteiger partial charge in [0.25, 0.3) is 0 Å². The van der Waals surface area contributed by atoms with Crippen molar-refractivity contribution in [3.05, 3.63) is 18.0 Å². The van der Waals surface area contributed by atoms with Gasteiger partial charge in [-0.3, -0.25) is 4.68 Å². The third kappa shape index (κ3) is 4.07. The Labute approximate surface area is 97.2 Å². The number of halogens is 3. The Morgan fingerprint density at radius 3 is 2.65 bits per heavy atom. The first-order valence-electron chi connectivity index (χ1n) is 4.95. The predicted molar refractivity (Wildman–Crippen MR) is 54.7 cm³/mol. The minimum Gasteiger partial charge on any atom is -0.300 e. The molecule has 1 heterocycles. The Morgan fingerprint density at radius 2 is 2.24 bits per heavy atom. The van der Waals surface area contributed by atoms with E-state index in [-0.39, 0.29) is 6.54 Å². The zero-order valence-corrected chi connectivity index (χ0v) is 9.57. The maximum atomic E-state index is 12.4. The second-order valence-electron chi connectivity index (χ2n) is 3.94. The van der Waals surface area contributed by atoms with E-state index in [1.807, 2.05) is 0 Å². The van der Waals surface area contributed by atoms with Gasteiger partial charge in [0, 0.05) is 31.9 Å². The molecule has 1 aromatic rings. The average Bonchev–Trinajstić information content (AvgIpc) is 2.58. The summed E-state index contributed by atoms with van der Waals surface area (Å²) >= 11 is 0. The lowest BCUT2D eigenvalue weighted by atomic mass is 10.1. The lowest BCUT2D eigenvalue weighted by molar-refractivity contribution is -0.162. The van der Waals surface area contributed by atoms with Crippen LogP contribution in [0.4, 0.5) is 13.2 Å². The fourth-order valence-corrected chi connectivity index (χ4v) is 1.46. The van der Waals surface area contributed by atoms with Crippen molar-refractivity contribution in [1.82, 2.24) is 14.7 Å². The number of aromatic nitrogens is 2. The molecule has 1 unspecified atom stereocenters. The number of hydrogen-bond acceptors (Lipinski definition) is 3. The molecule has 0 N–H and O–H groups in total. The summed E-state index contributed by atoms with van der Waals surface area (Å²) in [5.74, 6) is -1.95. The maximum absolute atomic E-state index is 12.4. The molecule has 0 saturated carbocycles. The van der Waals surface area contributed by atoms with Crippen molar-refractivity contribution in [1.29, 1.82) is 5.26 Å². The van der Waals surface area contributed by atoms with Gasteiger partial charge in [0.05, 0.1) is 12.3 Å². The van der Waals surface area contributed by atoms with Crippen LogP contribution in [0.2, 0.25) is 0 Å². The molecule has 1 aromatic heterocycles. The van der Waals surface area contributed by atoms with Crippen LogP contribution in [-0.2, 0) is 13.6 Å². The molecule has 0 aliphatic rings. The topological polar surface area (TPSA) is 44.9 Å².